The molecule has 7 heteroatoms. The van der Waals surface area contributed by atoms with Gasteiger partial charge in [0.05, 0.1) is 23.0 Å². The number of anilines is 1. The van der Waals surface area contributed by atoms with E-state index in [9.17, 15) is 18.7 Å². The summed E-state index contributed by atoms with van der Waals surface area (Å²) < 4.78 is 34.3. The predicted octanol–water partition coefficient (Wildman–Crippen LogP) is 2.98. The fraction of sp³-hybridized carbons (Fsp3) is 0.375. The fourth-order valence-electron chi connectivity index (χ4n) is 2.76. The van der Waals surface area contributed by atoms with Gasteiger partial charge in [-0.15, -0.1) is 0 Å². The van der Waals surface area contributed by atoms with Crippen LogP contribution in [0.3, 0.4) is 0 Å². The Hall–Kier alpha value is -2.28. The van der Waals surface area contributed by atoms with Crippen molar-refractivity contribution < 1.29 is 23.1 Å². The van der Waals surface area contributed by atoms with Crippen LogP contribution in [-0.4, -0.2) is 16.0 Å². The van der Waals surface area contributed by atoms with Gasteiger partial charge in [0.1, 0.15) is 12.3 Å². The first kappa shape index (κ1) is 15.6. The van der Waals surface area contributed by atoms with Crippen LogP contribution in [0, 0.1) is 13.8 Å². The van der Waals surface area contributed by atoms with Gasteiger partial charge in [0, 0.05) is 0 Å². The largest absolute Gasteiger partial charge is 0.444 e. The number of benzene rings is 1. The van der Waals surface area contributed by atoms with Gasteiger partial charge in [-0.25, -0.2) is 4.98 Å². The summed E-state index contributed by atoms with van der Waals surface area (Å²) >= 11 is 0. The van der Waals surface area contributed by atoms with Crippen LogP contribution in [0.15, 0.2) is 22.6 Å². The van der Waals surface area contributed by atoms with Gasteiger partial charge < -0.3 is 9.52 Å². The van der Waals surface area contributed by atoms with Crippen molar-refractivity contribution in [1.29, 1.82) is 0 Å². The molecule has 1 amide bonds. The lowest BCUT2D eigenvalue weighted by Crippen LogP contribution is -2.34. The van der Waals surface area contributed by atoms with Gasteiger partial charge in [-0.1, -0.05) is 12.1 Å². The second-order valence-electron chi connectivity index (χ2n) is 5.63. The Bertz CT molecular complexity index is 764. The van der Waals surface area contributed by atoms with E-state index in [0.29, 0.717) is 11.5 Å². The van der Waals surface area contributed by atoms with Crippen LogP contribution in [0.5, 0.6) is 0 Å². The maximum Gasteiger partial charge on any atom is 0.352 e. The van der Waals surface area contributed by atoms with Crippen molar-refractivity contribution in [2.75, 3.05) is 4.90 Å². The molecule has 0 saturated heterocycles. The summed E-state index contributed by atoms with van der Waals surface area (Å²) in [5, 5.41) is 9.73. The Kier molecular flexibility index (Phi) is 3.48. The van der Waals surface area contributed by atoms with E-state index in [1.165, 1.54) is 25.1 Å². The first-order valence-corrected chi connectivity index (χ1v) is 7.17. The van der Waals surface area contributed by atoms with Crippen LogP contribution in [0.2, 0.25) is 0 Å². The summed E-state index contributed by atoms with van der Waals surface area (Å²) in [6.45, 7) is 4.66. The van der Waals surface area contributed by atoms with Crippen LogP contribution in [0.4, 0.5) is 14.5 Å². The normalized spacial score (nSPS) is 17.5. The number of amides is 1. The van der Waals surface area contributed by atoms with Crippen LogP contribution in [0.1, 0.15) is 41.5 Å². The highest BCUT2D eigenvalue weighted by molar-refractivity contribution is 6.06. The van der Waals surface area contributed by atoms with Crippen molar-refractivity contribution in [3.8, 4) is 0 Å². The summed E-state index contributed by atoms with van der Waals surface area (Å²) in [4.78, 5) is 17.3. The first-order valence-electron chi connectivity index (χ1n) is 7.17. The number of aryl methyl sites for hydroxylation is 2. The average Bonchev–Trinajstić information content (AvgIpc) is 2.89. The number of carbonyl (C=O) groups excluding carboxylic acids is 1. The van der Waals surface area contributed by atoms with Gasteiger partial charge in [0.15, 0.2) is 0 Å². The number of hydrogen-bond acceptors (Lipinski definition) is 4. The molecule has 1 N–H and O–H groups in total. The average molecular weight is 322 g/mol. The molecule has 1 aliphatic heterocycles. The van der Waals surface area contributed by atoms with Crippen LogP contribution >= 0.6 is 0 Å². The molecule has 2 aromatic rings. The van der Waals surface area contributed by atoms with Crippen molar-refractivity contribution in [2.45, 2.75) is 39.3 Å². The highest BCUT2D eigenvalue weighted by Crippen LogP contribution is 2.47. The quantitative estimate of drug-likeness (QED) is 0.943. The number of halogens is 2. The third-order valence-electron chi connectivity index (χ3n) is 4.01. The molecule has 0 bridgehead atoms. The summed E-state index contributed by atoms with van der Waals surface area (Å²) in [5.74, 6) is -4.25. The molecular weight excluding hydrogens is 306 g/mol. The van der Waals surface area contributed by atoms with Crippen molar-refractivity contribution >= 4 is 11.6 Å². The molecule has 23 heavy (non-hydrogen) atoms. The van der Waals surface area contributed by atoms with E-state index in [2.05, 4.69) is 4.98 Å². The fourth-order valence-corrected chi connectivity index (χ4v) is 2.76. The molecule has 0 fully saturated rings. The zero-order chi connectivity index (χ0) is 16.9. The smallest absolute Gasteiger partial charge is 0.352 e. The number of rotatable bonds is 3. The van der Waals surface area contributed by atoms with Gasteiger partial charge in [0.2, 0.25) is 5.89 Å². The zero-order valence-electron chi connectivity index (χ0n) is 12.9. The Morgan fingerprint density at radius 1 is 1.39 bits per heavy atom. The van der Waals surface area contributed by atoms with E-state index in [-0.39, 0.29) is 23.7 Å². The topological polar surface area (TPSA) is 66.6 Å². The number of nitrogens with zero attached hydrogens (tertiary/aromatic N) is 2. The molecule has 3 rings (SSSR count). The number of alkyl halides is 2. The van der Waals surface area contributed by atoms with Gasteiger partial charge >= 0.3 is 11.8 Å². The van der Waals surface area contributed by atoms with Crippen molar-refractivity contribution in [2.24, 2.45) is 0 Å². The molecule has 1 aliphatic rings. The molecule has 0 saturated carbocycles. The number of aromatic nitrogens is 1. The predicted molar refractivity (Wildman–Crippen MR) is 78.1 cm³/mol. The van der Waals surface area contributed by atoms with Gasteiger partial charge in [0.25, 0.3) is 0 Å². The number of oxazole rings is 1. The molecule has 2 heterocycles. The molecule has 1 atom stereocenters. The first-order chi connectivity index (χ1) is 10.7. The van der Waals surface area contributed by atoms with Crippen LogP contribution < -0.4 is 4.90 Å². The lowest BCUT2D eigenvalue weighted by molar-refractivity contribution is -0.142. The maximum absolute atomic E-state index is 14.4. The summed E-state index contributed by atoms with van der Waals surface area (Å²) in [7, 11) is 0. The van der Waals surface area contributed by atoms with Crippen LogP contribution in [-0.2, 0) is 17.3 Å². The highest BCUT2D eigenvalue weighted by atomic mass is 19.3. The minimum atomic E-state index is -3.68. The number of fused-ring (bicyclic) bond motifs is 1. The molecule has 5 nitrogen and oxygen atoms in total. The third kappa shape index (κ3) is 2.31. The van der Waals surface area contributed by atoms with Gasteiger partial charge in [-0.05, 0) is 32.4 Å². The number of aliphatic hydroxyl groups is 1. The van der Waals surface area contributed by atoms with Gasteiger partial charge in [-0.3, -0.25) is 9.69 Å². The standard InChI is InChI=1S/C16H16F2N2O3/c1-8-10(3)23-13(19-8)7-20-12-6-4-5-11(9(2)21)14(12)16(17,18)15(20)22/h4-6,9,21H,7H2,1-3H3/t9-/m0/s1. The molecule has 0 aliphatic carbocycles. The molecule has 0 spiro atoms. The van der Waals surface area contributed by atoms with E-state index in [1.54, 1.807) is 13.8 Å². The van der Waals surface area contributed by atoms with E-state index >= 15 is 0 Å². The van der Waals surface area contributed by atoms with Crippen molar-refractivity contribution in [3.63, 3.8) is 0 Å². The van der Waals surface area contributed by atoms with E-state index in [1.807, 2.05) is 0 Å². The summed E-state index contributed by atoms with van der Waals surface area (Å²) in [6, 6.07) is 4.37. The van der Waals surface area contributed by atoms with Crippen molar-refractivity contribution in [3.05, 3.63) is 46.7 Å². The van der Waals surface area contributed by atoms with E-state index < -0.39 is 23.5 Å². The lowest BCUT2D eigenvalue weighted by Gasteiger charge is -2.15. The summed E-state index contributed by atoms with van der Waals surface area (Å²) in [6.07, 6.45) is -1.10. The lowest BCUT2D eigenvalue weighted by atomic mass is 9.99. The Balaban J connectivity index is 2.08. The second kappa shape index (κ2) is 5.13. The van der Waals surface area contributed by atoms with Gasteiger partial charge in [-0.2, -0.15) is 8.78 Å². The zero-order valence-corrected chi connectivity index (χ0v) is 12.9. The molecule has 1 aromatic carbocycles. The molecule has 0 unspecified atom stereocenters. The molecule has 122 valence electrons. The van der Waals surface area contributed by atoms with Crippen LogP contribution in [0.25, 0.3) is 0 Å². The number of hydrogen-bond donors (Lipinski definition) is 1. The highest BCUT2D eigenvalue weighted by Gasteiger charge is 2.54. The molecule has 0 radical (unpaired) electrons. The maximum atomic E-state index is 14.4. The number of carbonyl (C=O) groups is 1. The number of aliphatic hydroxyl groups excluding tert-OH is 1. The minimum Gasteiger partial charge on any atom is -0.444 e. The van der Waals surface area contributed by atoms with E-state index in [4.69, 9.17) is 4.42 Å². The molecular formula is C16H16F2N2O3. The Morgan fingerprint density at radius 3 is 2.65 bits per heavy atom. The Morgan fingerprint density at radius 2 is 2.09 bits per heavy atom. The third-order valence-corrected chi connectivity index (χ3v) is 4.01. The monoisotopic (exact) mass is 322 g/mol. The van der Waals surface area contributed by atoms with Crippen molar-refractivity contribution in [1.82, 2.24) is 4.98 Å². The van der Waals surface area contributed by atoms with E-state index in [0.717, 1.165) is 4.90 Å². The molecule has 1 aromatic heterocycles. The second-order valence-corrected chi connectivity index (χ2v) is 5.63. The SMILES string of the molecule is Cc1nc(CN2C(=O)C(F)(F)c3c([C@H](C)O)cccc32)oc1C. The summed E-state index contributed by atoms with van der Waals surface area (Å²) in [5.41, 5.74) is 0.325. The minimum absolute atomic E-state index is 0.0446. The Labute approximate surface area is 131 Å².